The van der Waals surface area contributed by atoms with Crippen molar-refractivity contribution in [1.29, 1.82) is 0 Å². The molecule has 1 N–H and O–H groups in total. The Kier molecular flexibility index (Phi) is 11.0. The Hall–Kier alpha value is 0. The van der Waals surface area contributed by atoms with Gasteiger partial charge in [-0.15, -0.1) is 24.0 Å². The monoisotopic (exact) mass is 285 g/mol. The molecule has 0 radical (unpaired) electrons. The zero-order chi connectivity index (χ0) is 8.69. The Morgan fingerprint density at radius 1 is 1.33 bits per heavy atom. The van der Waals surface area contributed by atoms with E-state index in [1.807, 2.05) is 19.0 Å². The molecule has 4 heteroatoms. The molecule has 0 spiro atoms. The Balaban J connectivity index is 0. The van der Waals surface area contributed by atoms with Crippen molar-refractivity contribution in [2.24, 2.45) is 4.99 Å². The van der Waals surface area contributed by atoms with Crippen LogP contribution in [-0.2, 0) is 0 Å². The lowest BCUT2D eigenvalue weighted by atomic mass is 10.5. The van der Waals surface area contributed by atoms with Crippen molar-refractivity contribution in [2.75, 3.05) is 27.2 Å². The van der Waals surface area contributed by atoms with Gasteiger partial charge in [-0.1, -0.05) is 6.92 Å². The van der Waals surface area contributed by atoms with Gasteiger partial charge in [0.2, 0.25) is 0 Å². The summed E-state index contributed by atoms with van der Waals surface area (Å²) in [6.07, 6.45) is 1.10. The minimum absolute atomic E-state index is 0. The molecule has 0 aromatic heterocycles. The Morgan fingerprint density at radius 2 is 1.92 bits per heavy atom. The van der Waals surface area contributed by atoms with Crippen LogP contribution in [0.25, 0.3) is 0 Å². The molecule has 0 bridgehead atoms. The molecule has 0 aliphatic rings. The van der Waals surface area contributed by atoms with Gasteiger partial charge >= 0.3 is 0 Å². The van der Waals surface area contributed by atoms with Crippen LogP contribution < -0.4 is 5.32 Å². The zero-order valence-corrected chi connectivity index (χ0v) is 10.8. The summed E-state index contributed by atoms with van der Waals surface area (Å²) < 4.78 is 0. The lowest BCUT2D eigenvalue weighted by Crippen LogP contribution is -2.36. The lowest BCUT2D eigenvalue weighted by Gasteiger charge is -2.16. The van der Waals surface area contributed by atoms with E-state index >= 15 is 0 Å². The third kappa shape index (κ3) is 6.69. The smallest absolute Gasteiger partial charge is 0.193 e. The zero-order valence-electron chi connectivity index (χ0n) is 8.42. The van der Waals surface area contributed by atoms with Gasteiger partial charge in [0.05, 0.1) is 0 Å². The van der Waals surface area contributed by atoms with Crippen LogP contribution >= 0.6 is 24.0 Å². The summed E-state index contributed by atoms with van der Waals surface area (Å²) >= 11 is 0. The van der Waals surface area contributed by atoms with E-state index in [2.05, 4.69) is 24.2 Å². The van der Waals surface area contributed by atoms with Gasteiger partial charge in [0, 0.05) is 27.2 Å². The van der Waals surface area contributed by atoms with Gasteiger partial charge in [0.15, 0.2) is 5.96 Å². The number of halogens is 1. The molecular weight excluding hydrogens is 265 g/mol. The number of guanidine groups is 1. The molecule has 12 heavy (non-hydrogen) atoms. The van der Waals surface area contributed by atoms with Gasteiger partial charge in [0.25, 0.3) is 0 Å². The molecule has 0 fully saturated rings. The number of hydrogen-bond acceptors (Lipinski definition) is 1. The van der Waals surface area contributed by atoms with Gasteiger partial charge in [-0.05, 0) is 13.3 Å². The van der Waals surface area contributed by atoms with Crippen LogP contribution in [0.3, 0.4) is 0 Å². The van der Waals surface area contributed by atoms with Crippen LogP contribution in [0.4, 0.5) is 0 Å². The van der Waals surface area contributed by atoms with E-state index < -0.39 is 0 Å². The van der Waals surface area contributed by atoms with Crippen molar-refractivity contribution < 1.29 is 0 Å². The van der Waals surface area contributed by atoms with Gasteiger partial charge in [-0.25, -0.2) is 0 Å². The average Bonchev–Trinajstić information content (AvgIpc) is 1.97. The van der Waals surface area contributed by atoms with Crippen molar-refractivity contribution in [2.45, 2.75) is 20.3 Å². The molecule has 0 aliphatic carbocycles. The molecule has 3 nitrogen and oxygen atoms in total. The highest BCUT2D eigenvalue weighted by Crippen LogP contribution is 1.83. The molecule has 0 aromatic rings. The summed E-state index contributed by atoms with van der Waals surface area (Å²) in [6.45, 7) is 6.04. The third-order valence-corrected chi connectivity index (χ3v) is 1.24. The summed E-state index contributed by atoms with van der Waals surface area (Å²) in [4.78, 5) is 6.36. The summed E-state index contributed by atoms with van der Waals surface area (Å²) in [5, 5.41) is 3.19. The maximum absolute atomic E-state index is 4.36. The van der Waals surface area contributed by atoms with Crippen LogP contribution in [0.2, 0.25) is 0 Å². The molecule has 0 rings (SSSR count). The van der Waals surface area contributed by atoms with E-state index in [0.717, 1.165) is 25.5 Å². The SMILES string of the molecule is CCCN=C(NCC)N(C)C.I. The summed E-state index contributed by atoms with van der Waals surface area (Å²) in [5.41, 5.74) is 0. The predicted octanol–water partition coefficient (Wildman–Crippen LogP) is 1.54. The fraction of sp³-hybridized carbons (Fsp3) is 0.875. The van der Waals surface area contributed by atoms with Crippen molar-refractivity contribution in [3.63, 3.8) is 0 Å². The second-order valence-corrected chi connectivity index (χ2v) is 2.63. The van der Waals surface area contributed by atoms with Gasteiger partial charge in [-0.3, -0.25) is 4.99 Å². The Labute approximate surface area is 92.6 Å². The first-order valence-corrected chi connectivity index (χ1v) is 4.18. The molecule has 0 saturated heterocycles. The first kappa shape index (κ1) is 14.5. The van der Waals surface area contributed by atoms with Gasteiger partial charge < -0.3 is 10.2 Å². The normalized spacial score (nSPS) is 10.5. The fourth-order valence-electron chi connectivity index (χ4n) is 0.731. The first-order valence-electron chi connectivity index (χ1n) is 4.18. The van der Waals surface area contributed by atoms with Crippen molar-refractivity contribution in [1.82, 2.24) is 10.2 Å². The molecule has 0 aliphatic heterocycles. The first-order chi connectivity index (χ1) is 5.22. The van der Waals surface area contributed by atoms with Crippen molar-refractivity contribution in [3.05, 3.63) is 0 Å². The molecule has 0 saturated carbocycles. The van der Waals surface area contributed by atoms with E-state index in [4.69, 9.17) is 0 Å². The Bertz CT molecular complexity index is 123. The molecule has 0 heterocycles. The summed E-state index contributed by atoms with van der Waals surface area (Å²) in [6, 6.07) is 0. The maximum atomic E-state index is 4.36. The summed E-state index contributed by atoms with van der Waals surface area (Å²) in [7, 11) is 3.99. The Morgan fingerprint density at radius 3 is 2.25 bits per heavy atom. The van der Waals surface area contributed by atoms with Gasteiger partial charge in [-0.2, -0.15) is 0 Å². The van der Waals surface area contributed by atoms with E-state index in [-0.39, 0.29) is 24.0 Å². The predicted molar refractivity (Wildman–Crippen MR) is 65.4 cm³/mol. The molecular formula is C8H20IN3. The van der Waals surface area contributed by atoms with Crippen LogP contribution in [0.5, 0.6) is 0 Å². The lowest BCUT2D eigenvalue weighted by molar-refractivity contribution is 0.583. The molecule has 0 unspecified atom stereocenters. The quantitative estimate of drug-likeness (QED) is 0.484. The molecule has 0 amide bonds. The standard InChI is InChI=1S/C8H19N3.HI/c1-5-7-10-8(9-6-2)11(3)4;/h5-7H2,1-4H3,(H,9,10);1H. The van der Waals surface area contributed by atoms with E-state index in [1.54, 1.807) is 0 Å². The van der Waals surface area contributed by atoms with Crippen LogP contribution in [-0.4, -0.2) is 38.0 Å². The minimum Gasteiger partial charge on any atom is -0.357 e. The maximum Gasteiger partial charge on any atom is 0.193 e. The van der Waals surface area contributed by atoms with E-state index in [0.29, 0.717) is 0 Å². The van der Waals surface area contributed by atoms with Crippen LogP contribution in [0.1, 0.15) is 20.3 Å². The topological polar surface area (TPSA) is 27.6 Å². The van der Waals surface area contributed by atoms with Gasteiger partial charge in [0.1, 0.15) is 0 Å². The highest BCUT2D eigenvalue weighted by atomic mass is 127. The highest BCUT2D eigenvalue weighted by Gasteiger charge is 1.96. The second kappa shape index (κ2) is 9.09. The largest absolute Gasteiger partial charge is 0.357 e. The highest BCUT2D eigenvalue weighted by molar-refractivity contribution is 14.0. The number of nitrogens with zero attached hydrogens (tertiary/aromatic N) is 2. The van der Waals surface area contributed by atoms with E-state index in [9.17, 15) is 0 Å². The number of nitrogens with one attached hydrogen (secondary N) is 1. The summed E-state index contributed by atoms with van der Waals surface area (Å²) in [5.74, 6) is 0.981. The number of aliphatic imine (C=N–C) groups is 1. The van der Waals surface area contributed by atoms with Crippen LogP contribution in [0.15, 0.2) is 4.99 Å². The molecule has 0 atom stereocenters. The number of hydrogen-bond donors (Lipinski definition) is 1. The van der Waals surface area contributed by atoms with Crippen LogP contribution in [0, 0.1) is 0 Å². The fourth-order valence-corrected chi connectivity index (χ4v) is 0.731. The average molecular weight is 285 g/mol. The van der Waals surface area contributed by atoms with E-state index in [1.165, 1.54) is 0 Å². The minimum atomic E-state index is 0. The van der Waals surface area contributed by atoms with Crippen molar-refractivity contribution in [3.8, 4) is 0 Å². The number of rotatable bonds is 3. The van der Waals surface area contributed by atoms with Crippen molar-refractivity contribution >= 4 is 29.9 Å². The second-order valence-electron chi connectivity index (χ2n) is 2.63. The molecule has 74 valence electrons. The molecule has 0 aromatic carbocycles. The third-order valence-electron chi connectivity index (χ3n) is 1.24.